The van der Waals surface area contributed by atoms with Crippen LogP contribution in [0.3, 0.4) is 0 Å². The average molecular weight is 359 g/mol. The van der Waals surface area contributed by atoms with Crippen LogP contribution in [-0.2, 0) is 9.59 Å². The summed E-state index contributed by atoms with van der Waals surface area (Å²) < 4.78 is 5.44. The van der Waals surface area contributed by atoms with E-state index >= 15 is 0 Å². The smallest absolute Gasteiger partial charge is 0.227 e. The summed E-state index contributed by atoms with van der Waals surface area (Å²) >= 11 is 0. The number of carbonyl (C=O) groups is 2. The van der Waals surface area contributed by atoms with Gasteiger partial charge in [-0.2, -0.15) is 0 Å². The van der Waals surface area contributed by atoms with Crippen molar-refractivity contribution in [2.75, 3.05) is 43.5 Å². The van der Waals surface area contributed by atoms with Crippen molar-refractivity contribution in [2.45, 2.75) is 32.6 Å². The van der Waals surface area contributed by atoms with Gasteiger partial charge in [-0.05, 0) is 37.0 Å². The van der Waals surface area contributed by atoms with Gasteiger partial charge in [-0.25, -0.2) is 0 Å². The van der Waals surface area contributed by atoms with Crippen molar-refractivity contribution in [1.82, 2.24) is 4.90 Å². The highest BCUT2D eigenvalue weighted by Gasteiger charge is 2.27. The standard InChI is InChI=1S/C20H29N3O3/c1-15(16-5-3-4-6-16)20(25)21-18-13-17(7-8-19(18)26-2)23-11-9-22(14-24)10-12-23/h7-8,13-16H,3-6,9-12H2,1-2H3,(H,21,25). The zero-order valence-corrected chi connectivity index (χ0v) is 15.7. The Morgan fingerprint density at radius 3 is 2.54 bits per heavy atom. The van der Waals surface area contributed by atoms with Crippen molar-refractivity contribution in [2.24, 2.45) is 11.8 Å². The Morgan fingerprint density at radius 2 is 1.92 bits per heavy atom. The van der Waals surface area contributed by atoms with Crippen molar-refractivity contribution in [3.63, 3.8) is 0 Å². The summed E-state index contributed by atoms with van der Waals surface area (Å²) in [6.45, 7) is 5.04. The molecule has 2 aliphatic rings. The lowest BCUT2D eigenvalue weighted by Gasteiger charge is -2.34. The van der Waals surface area contributed by atoms with Gasteiger partial charge >= 0.3 is 0 Å². The van der Waals surface area contributed by atoms with E-state index in [2.05, 4.69) is 10.2 Å². The van der Waals surface area contributed by atoms with Crippen molar-refractivity contribution in [3.8, 4) is 5.75 Å². The van der Waals surface area contributed by atoms with E-state index in [1.54, 1.807) is 12.0 Å². The number of amides is 2. The van der Waals surface area contributed by atoms with Gasteiger partial charge in [0, 0.05) is 37.8 Å². The summed E-state index contributed by atoms with van der Waals surface area (Å²) in [6, 6.07) is 5.89. The van der Waals surface area contributed by atoms with Gasteiger partial charge in [-0.1, -0.05) is 19.8 Å². The summed E-state index contributed by atoms with van der Waals surface area (Å²) in [5, 5.41) is 3.08. The highest BCUT2D eigenvalue weighted by molar-refractivity contribution is 5.94. The Morgan fingerprint density at radius 1 is 1.23 bits per heavy atom. The normalized spacial score (nSPS) is 19.3. The fraction of sp³-hybridized carbons (Fsp3) is 0.600. The maximum atomic E-state index is 12.7. The Hall–Kier alpha value is -2.24. The number of rotatable bonds is 6. The lowest BCUT2D eigenvalue weighted by Crippen LogP contribution is -2.45. The molecule has 0 aromatic heterocycles. The predicted octanol–water partition coefficient (Wildman–Crippen LogP) is 2.74. The molecule has 1 aliphatic carbocycles. The number of ether oxygens (including phenoxy) is 1. The van der Waals surface area contributed by atoms with Crippen LogP contribution >= 0.6 is 0 Å². The van der Waals surface area contributed by atoms with Gasteiger partial charge < -0.3 is 19.9 Å². The second kappa shape index (κ2) is 8.43. The molecule has 1 aromatic rings. The molecule has 6 heteroatoms. The lowest BCUT2D eigenvalue weighted by molar-refractivity contribution is -0.121. The number of methoxy groups -OCH3 is 1. The highest BCUT2D eigenvalue weighted by atomic mass is 16.5. The second-order valence-corrected chi connectivity index (χ2v) is 7.34. The number of hydrogen-bond donors (Lipinski definition) is 1. The van der Waals surface area contributed by atoms with Crippen LogP contribution in [0.5, 0.6) is 5.75 Å². The number of benzene rings is 1. The molecule has 0 spiro atoms. The fourth-order valence-electron chi connectivity index (χ4n) is 3.99. The van der Waals surface area contributed by atoms with Crippen molar-refractivity contribution >= 4 is 23.7 Å². The third-order valence-electron chi connectivity index (χ3n) is 5.79. The first-order valence-corrected chi connectivity index (χ1v) is 9.55. The third-order valence-corrected chi connectivity index (χ3v) is 5.79. The quantitative estimate of drug-likeness (QED) is 0.794. The van der Waals surface area contributed by atoms with Crippen molar-refractivity contribution in [3.05, 3.63) is 18.2 Å². The van der Waals surface area contributed by atoms with E-state index in [4.69, 9.17) is 4.74 Å². The van der Waals surface area contributed by atoms with Gasteiger partial charge in [-0.3, -0.25) is 9.59 Å². The van der Waals surface area contributed by atoms with E-state index in [0.29, 0.717) is 11.7 Å². The van der Waals surface area contributed by atoms with Crippen molar-refractivity contribution in [1.29, 1.82) is 0 Å². The number of piperazine rings is 1. The molecule has 26 heavy (non-hydrogen) atoms. The average Bonchev–Trinajstić information content (AvgIpc) is 3.22. The molecule has 2 fully saturated rings. The summed E-state index contributed by atoms with van der Waals surface area (Å²) in [5.41, 5.74) is 1.76. The minimum atomic E-state index is 0.0157. The van der Waals surface area contributed by atoms with Crippen LogP contribution in [0.2, 0.25) is 0 Å². The molecule has 1 saturated carbocycles. The predicted molar refractivity (Wildman–Crippen MR) is 103 cm³/mol. The Balaban J connectivity index is 1.71. The van der Waals surface area contributed by atoms with Crippen molar-refractivity contribution < 1.29 is 14.3 Å². The highest BCUT2D eigenvalue weighted by Crippen LogP contribution is 2.34. The van der Waals surface area contributed by atoms with E-state index < -0.39 is 0 Å². The molecule has 0 radical (unpaired) electrons. The maximum Gasteiger partial charge on any atom is 0.227 e. The van der Waals surface area contributed by atoms with Crippen LogP contribution in [0.15, 0.2) is 18.2 Å². The van der Waals surface area contributed by atoms with Gasteiger partial charge in [0.2, 0.25) is 12.3 Å². The number of nitrogens with one attached hydrogen (secondary N) is 1. The topological polar surface area (TPSA) is 61.9 Å². The minimum absolute atomic E-state index is 0.0157. The van der Waals surface area contributed by atoms with Gasteiger partial charge in [0.15, 0.2) is 0 Å². The molecule has 1 unspecified atom stereocenters. The van der Waals surface area contributed by atoms with E-state index in [9.17, 15) is 9.59 Å². The first-order chi connectivity index (χ1) is 12.6. The van der Waals surface area contributed by atoms with Crippen LogP contribution in [0.25, 0.3) is 0 Å². The molecule has 1 atom stereocenters. The van der Waals surface area contributed by atoms with Gasteiger partial charge in [0.1, 0.15) is 5.75 Å². The van der Waals surface area contributed by atoms with Crippen LogP contribution < -0.4 is 15.0 Å². The molecule has 1 aliphatic heterocycles. The molecule has 1 heterocycles. The molecule has 0 bridgehead atoms. The minimum Gasteiger partial charge on any atom is -0.495 e. The Bertz CT molecular complexity index is 635. The molecule has 3 rings (SSSR count). The van der Waals surface area contributed by atoms with E-state index in [-0.39, 0.29) is 11.8 Å². The maximum absolute atomic E-state index is 12.7. The van der Waals surface area contributed by atoms with Gasteiger partial charge in [0.25, 0.3) is 0 Å². The largest absolute Gasteiger partial charge is 0.495 e. The van der Waals surface area contributed by atoms with Crippen LogP contribution in [0.4, 0.5) is 11.4 Å². The second-order valence-electron chi connectivity index (χ2n) is 7.34. The Labute approximate surface area is 155 Å². The van der Waals surface area contributed by atoms with Crippen LogP contribution in [-0.4, -0.2) is 50.5 Å². The number of hydrogen-bond acceptors (Lipinski definition) is 4. The van der Waals surface area contributed by atoms with Crippen LogP contribution in [0, 0.1) is 11.8 Å². The monoisotopic (exact) mass is 359 g/mol. The Kier molecular flexibility index (Phi) is 6.01. The molecular formula is C20H29N3O3. The summed E-state index contributed by atoms with van der Waals surface area (Å²) in [6.07, 6.45) is 5.66. The lowest BCUT2D eigenvalue weighted by atomic mass is 9.92. The SMILES string of the molecule is COc1ccc(N2CCN(C=O)CC2)cc1NC(=O)C(C)C1CCCC1. The molecule has 142 valence electrons. The fourth-order valence-corrected chi connectivity index (χ4v) is 3.99. The van der Waals surface area contributed by atoms with Crippen LogP contribution in [0.1, 0.15) is 32.6 Å². The van der Waals surface area contributed by atoms with Gasteiger partial charge in [-0.15, -0.1) is 0 Å². The summed E-state index contributed by atoms with van der Waals surface area (Å²) in [5.74, 6) is 1.24. The molecule has 1 saturated heterocycles. The molecule has 1 aromatic carbocycles. The molecule has 2 amide bonds. The zero-order valence-electron chi connectivity index (χ0n) is 15.7. The van der Waals surface area contributed by atoms with E-state index in [1.165, 1.54) is 12.8 Å². The summed E-state index contributed by atoms with van der Waals surface area (Å²) in [7, 11) is 1.62. The zero-order chi connectivity index (χ0) is 18.5. The van der Waals surface area contributed by atoms with E-state index in [1.807, 2.05) is 25.1 Å². The van der Waals surface area contributed by atoms with E-state index in [0.717, 1.165) is 56.8 Å². The number of nitrogens with zero attached hydrogens (tertiary/aromatic N) is 2. The molecule has 1 N–H and O–H groups in total. The molecular weight excluding hydrogens is 330 g/mol. The first-order valence-electron chi connectivity index (χ1n) is 9.55. The molecule has 6 nitrogen and oxygen atoms in total. The first kappa shape index (κ1) is 18.5. The van der Waals surface area contributed by atoms with Gasteiger partial charge in [0.05, 0.1) is 12.8 Å². The third kappa shape index (κ3) is 4.11. The summed E-state index contributed by atoms with van der Waals surface area (Å²) in [4.78, 5) is 27.6. The number of anilines is 2. The number of carbonyl (C=O) groups excluding carboxylic acids is 2.